The summed E-state index contributed by atoms with van der Waals surface area (Å²) in [7, 11) is 3.93. The molecule has 8 heteroatoms. The summed E-state index contributed by atoms with van der Waals surface area (Å²) in [6.45, 7) is 5.17. The van der Waals surface area contributed by atoms with Gasteiger partial charge in [-0.2, -0.15) is 0 Å². The van der Waals surface area contributed by atoms with E-state index in [1.807, 2.05) is 56.3 Å². The first-order valence-electron chi connectivity index (χ1n) is 12.5. The number of aryl methyl sites for hydroxylation is 1. The average molecular weight is 522 g/mol. The Labute approximate surface area is 222 Å². The number of nitrogens with one attached hydrogen (secondary N) is 1. The zero-order chi connectivity index (χ0) is 26.4. The van der Waals surface area contributed by atoms with E-state index >= 15 is 0 Å². The normalized spacial score (nSPS) is 18.2. The summed E-state index contributed by atoms with van der Waals surface area (Å²) in [6, 6.07) is 10.7. The number of benzene rings is 3. The predicted molar refractivity (Wildman–Crippen MR) is 148 cm³/mol. The van der Waals surface area contributed by atoms with Crippen LogP contribution in [-0.2, 0) is 11.2 Å². The Bertz CT molecular complexity index is 1400. The highest BCUT2D eigenvalue weighted by molar-refractivity contribution is 6.19. The highest BCUT2D eigenvalue weighted by Crippen LogP contribution is 2.47. The van der Waals surface area contributed by atoms with Gasteiger partial charge in [-0.1, -0.05) is 18.2 Å². The molecule has 1 amide bonds. The van der Waals surface area contributed by atoms with Crippen LogP contribution in [0.25, 0.3) is 10.8 Å². The summed E-state index contributed by atoms with van der Waals surface area (Å²) in [4.78, 5) is 30.0. The number of hydrogen-bond donors (Lipinski definition) is 2. The topological polar surface area (TPSA) is 82.1 Å². The zero-order valence-corrected chi connectivity index (χ0v) is 22.4. The fourth-order valence-corrected chi connectivity index (χ4v) is 5.74. The van der Waals surface area contributed by atoms with Crippen molar-refractivity contribution < 1.29 is 19.4 Å². The van der Waals surface area contributed by atoms with Crippen LogP contribution < -0.4 is 15.0 Å². The van der Waals surface area contributed by atoms with E-state index in [0.29, 0.717) is 42.5 Å². The first kappa shape index (κ1) is 25.4. The SMILES string of the molecule is CC(=O)c1cc2c(cc1OCCN(C)C)NC(C(=O)N1C[C@@H](CCl)c3c1cc(O)c1cccc(C)c31)C2. The maximum absolute atomic E-state index is 13.9. The van der Waals surface area contributed by atoms with Gasteiger partial charge in [0.2, 0.25) is 5.91 Å². The molecule has 3 aromatic carbocycles. The van der Waals surface area contributed by atoms with Gasteiger partial charge in [-0.3, -0.25) is 9.59 Å². The highest BCUT2D eigenvalue weighted by atomic mass is 35.5. The lowest BCUT2D eigenvalue weighted by molar-refractivity contribution is -0.119. The van der Waals surface area contributed by atoms with E-state index < -0.39 is 6.04 Å². The minimum Gasteiger partial charge on any atom is -0.507 e. The Morgan fingerprint density at radius 2 is 2.03 bits per heavy atom. The number of alkyl halides is 1. The molecule has 7 nitrogen and oxygen atoms in total. The number of rotatable bonds is 7. The molecule has 2 atom stereocenters. The smallest absolute Gasteiger partial charge is 0.249 e. The molecule has 3 aromatic rings. The second-order valence-corrected chi connectivity index (χ2v) is 10.5. The van der Waals surface area contributed by atoms with Crippen molar-refractivity contribution in [1.82, 2.24) is 4.90 Å². The summed E-state index contributed by atoms with van der Waals surface area (Å²) in [5.74, 6) is 0.854. The number of carbonyl (C=O) groups excluding carboxylic acids is 2. The molecule has 0 fully saturated rings. The van der Waals surface area contributed by atoms with Gasteiger partial charge in [0.25, 0.3) is 0 Å². The van der Waals surface area contributed by atoms with Crippen molar-refractivity contribution in [3.05, 3.63) is 58.7 Å². The minimum atomic E-state index is -0.497. The van der Waals surface area contributed by atoms with Crippen LogP contribution in [0.3, 0.4) is 0 Å². The molecule has 2 N–H and O–H groups in total. The van der Waals surface area contributed by atoms with Gasteiger partial charge in [0.05, 0.1) is 11.3 Å². The van der Waals surface area contributed by atoms with E-state index in [1.165, 1.54) is 6.92 Å². The molecular weight excluding hydrogens is 490 g/mol. The van der Waals surface area contributed by atoms with Crippen molar-refractivity contribution in [2.75, 3.05) is 49.9 Å². The number of likely N-dealkylation sites (N-methyl/N-ethyl adjacent to an activating group) is 1. The third-order valence-corrected chi connectivity index (χ3v) is 7.73. The van der Waals surface area contributed by atoms with Crippen molar-refractivity contribution in [3.63, 3.8) is 0 Å². The maximum atomic E-state index is 13.9. The zero-order valence-electron chi connectivity index (χ0n) is 21.6. The van der Waals surface area contributed by atoms with Crippen molar-refractivity contribution in [2.24, 2.45) is 0 Å². The minimum absolute atomic E-state index is 0.0328. The fraction of sp³-hybridized carbons (Fsp3) is 0.379. The van der Waals surface area contributed by atoms with E-state index in [0.717, 1.165) is 39.7 Å². The molecular formula is C29H32ClN3O4. The van der Waals surface area contributed by atoms with Crippen LogP contribution in [0.4, 0.5) is 11.4 Å². The van der Waals surface area contributed by atoms with Crippen LogP contribution >= 0.6 is 11.6 Å². The molecule has 0 radical (unpaired) electrons. The number of carbonyl (C=O) groups is 2. The number of phenols is 1. The number of hydrogen-bond acceptors (Lipinski definition) is 6. The van der Waals surface area contributed by atoms with Gasteiger partial charge in [0.1, 0.15) is 24.1 Å². The summed E-state index contributed by atoms with van der Waals surface area (Å²) >= 11 is 6.39. The third kappa shape index (κ3) is 4.51. The van der Waals surface area contributed by atoms with E-state index in [4.69, 9.17) is 16.3 Å². The summed E-state index contributed by atoms with van der Waals surface area (Å²) < 4.78 is 5.93. The van der Waals surface area contributed by atoms with Crippen molar-refractivity contribution in [1.29, 1.82) is 0 Å². The number of ketones is 1. The lowest BCUT2D eigenvalue weighted by Gasteiger charge is -2.22. The van der Waals surface area contributed by atoms with Crippen LogP contribution in [0, 0.1) is 6.92 Å². The second kappa shape index (κ2) is 9.88. The first-order chi connectivity index (χ1) is 17.7. The number of aromatic hydroxyl groups is 1. The largest absolute Gasteiger partial charge is 0.507 e. The van der Waals surface area contributed by atoms with Gasteiger partial charge in [0, 0.05) is 54.5 Å². The van der Waals surface area contributed by atoms with Gasteiger partial charge in [-0.15, -0.1) is 11.6 Å². The Morgan fingerprint density at radius 3 is 2.73 bits per heavy atom. The summed E-state index contributed by atoms with van der Waals surface area (Å²) in [5.41, 5.74) is 5.00. The number of phenolic OH excluding ortho intramolecular Hbond substituents is 1. The van der Waals surface area contributed by atoms with Gasteiger partial charge >= 0.3 is 0 Å². The van der Waals surface area contributed by atoms with Gasteiger partial charge in [0.15, 0.2) is 5.78 Å². The highest BCUT2D eigenvalue weighted by Gasteiger charge is 2.39. The Morgan fingerprint density at radius 1 is 1.24 bits per heavy atom. The van der Waals surface area contributed by atoms with Gasteiger partial charge < -0.3 is 25.0 Å². The molecule has 1 unspecified atom stereocenters. The number of Topliss-reactive ketones (excluding diaryl/α,β-unsaturated/α-hetero) is 1. The van der Waals surface area contributed by atoms with Crippen LogP contribution in [0.2, 0.25) is 0 Å². The average Bonchev–Trinajstić information content (AvgIpc) is 3.44. The standard InChI is InChI=1S/C29H32ClN3O4/c1-16-6-5-7-20-25(35)13-24-28(27(16)20)19(14-30)15-33(24)29(36)23-11-18-10-21(17(2)34)26(12-22(18)31-23)37-9-8-32(3)4/h5-7,10,12-13,19,23,31,35H,8-9,11,14-15H2,1-4H3/t19-,23?/m1/s1. The van der Waals surface area contributed by atoms with Crippen LogP contribution in [0.1, 0.15) is 39.9 Å². The molecule has 194 valence electrons. The van der Waals surface area contributed by atoms with Crippen LogP contribution in [0.5, 0.6) is 11.5 Å². The maximum Gasteiger partial charge on any atom is 0.249 e. The third-order valence-electron chi connectivity index (χ3n) is 7.35. The molecule has 2 aliphatic heterocycles. The molecule has 0 bridgehead atoms. The number of halogens is 1. The number of amides is 1. The molecule has 0 aromatic heterocycles. The van der Waals surface area contributed by atoms with E-state index in [1.54, 1.807) is 11.0 Å². The molecule has 0 spiro atoms. The Kier molecular flexibility index (Phi) is 6.77. The van der Waals surface area contributed by atoms with Crippen LogP contribution in [-0.4, -0.2) is 67.4 Å². The molecule has 0 saturated heterocycles. The quantitative estimate of drug-likeness (QED) is 0.346. The molecule has 5 rings (SSSR count). The number of anilines is 2. The lowest BCUT2D eigenvalue weighted by Crippen LogP contribution is -2.41. The second-order valence-electron chi connectivity index (χ2n) is 10.2. The molecule has 0 aliphatic carbocycles. The monoisotopic (exact) mass is 521 g/mol. The van der Waals surface area contributed by atoms with Crippen molar-refractivity contribution in [3.8, 4) is 11.5 Å². The van der Waals surface area contributed by atoms with E-state index in [-0.39, 0.29) is 23.4 Å². The summed E-state index contributed by atoms with van der Waals surface area (Å²) in [6.07, 6.45) is 0.461. The molecule has 2 aliphatic rings. The molecule has 2 heterocycles. The van der Waals surface area contributed by atoms with Crippen molar-refractivity contribution >= 4 is 45.4 Å². The van der Waals surface area contributed by atoms with Gasteiger partial charge in [-0.05, 0) is 56.1 Å². The number of fused-ring (bicyclic) bond motifs is 4. The van der Waals surface area contributed by atoms with Gasteiger partial charge in [-0.25, -0.2) is 0 Å². The Balaban J connectivity index is 1.45. The number of ether oxygens (including phenoxy) is 1. The predicted octanol–water partition coefficient (Wildman–Crippen LogP) is 4.70. The number of nitrogens with zero attached hydrogens (tertiary/aromatic N) is 2. The Hall–Kier alpha value is -3.29. The van der Waals surface area contributed by atoms with E-state index in [2.05, 4.69) is 5.32 Å². The van der Waals surface area contributed by atoms with Crippen molar-refractivity contribution in [2.45, 2.75) is 32.2 Å². The first-order valence-corrected chi connectivity index (χ1v) is 13.1. The lowest BCUT2D eigenvalue weighted by atomic mass is 9.92. The van der Waals surface area contributed by atoms with Crippen LogP contribution in [0.15, 0.2) is 36.4 Å². The molecule has 0 saturated carbocycles. The van der Waals surface area contributed by atoms with E-state index in [9.17, 15) is 14.7 Å². The summed E-state index contributed by atoms with van der Waals surface area (Å²) in [5, 5.41) is 15.9. The fourth-order valence-electron chi connectivity index (χ4n) is 5.49. The molecule has 37 heavy (non-hydrogen) atoms.